The molecule has 1 fully saturated rings. The van der Waals surface area contributed by atoms with Gasteiger partial charge in [-0.25, -0.2) is 0 Å². The number of aromatic nitrogens is 6. The minimum Gasteiger partial charge on any atom is -0.360 e. The SMILES string of the molecule is Cc1ccc(-n2nccn2)c(C(=O)N2CCCC2c2nc(-c3c[nH]c4ccccc34)no2)c1. The van der Waals surface area contributed by atoms with Gasteiger partial charge in [0.15, 0.2) is 0 Å². The molecule has 5 aromatic rings. The number of likely N-dealkylation sites (tertiary alicyclic amines) is 1. The third-order valence-corrected chi connectivity index (χ3v) is 6.09. The highest BCUT2D eigenvalue weighted by molar-refractivity contribution is 5.98. The quantitative estimate of drug-likeness (QED) is 0.452. The number of nitrogens with zero attached hydrogens (tertiary/aromatic N) is 6. The van der Waals surface area contributed by atoms with Crippen LogP contribution in [0.3, 0.4) is 0 Å². The van der Waals surface area contributed by atoms with Crippen LogP contribution in [0.15, 0.2) is 65.6 Å². The Labute approximate surface area is 189 Å². The Kier molecular flexibility index (Phi) is 4.53. The van der Waals surface area contributed by atoms with E-state index in [1.807, 2.05) is 60.5 Å². The summed E-state index contributed by atoms with van der Waals surface area (Å²) in [5.41, 5.74) is 4.07. The van der Waals surface area contributed by atoms with Gasteiger partial charge in [0, 0.05) is 29.2 Å². The molecule has 1 N–H and O–H groups in total. The average molecular weight is 439 g/mol. The number of aromatic amines is 1. The van der Waals surface area contributed by atoms with Crippen LogP contribution < -0.4 is 0 Å². The van der Waals surface area contributed by atoms with Crippen LogP contribution in [0.25, 0.3) is 28.0 Å². The maximum absolute atomic E-state index is 13.7. The Hall–Kier alpha value is -4.27. The summed E-state index contributed by atoms with van der Waals surface area (Å²) in [4.78, 5) is 24.9. The highest BCUT2D eigenvalue weighted by atomic mass is 16.5. The third kappa shape index (κ3) is 3.29. The molecule has 1 atom stereocenters. The van der Waals surface area contributed by atoms with Crippen molar-refractivity contribution in [3.8, 4) is 17.1 Å². The van der Waals surface area contributed by atoms with Crippen LogP contribution in [0.2, 0.25) is 0 Å². The first-order chi connectivity index (χ1) is 16.2. The zero-order chi connectivity index (χ0) is 22.4. The summed E-state index contributed by atoms with van der Waals surface area (Å²) in [5.74, 6) is 0.867. The van der Waals surface area contributed by atoms with Gasteiger partial charge in [-0.3, -0.25) is 4.79 Å². The number of amides is 1. The van der Waals surface area contributed by atoms with Crippen molar-refractivity contribution in [3.63, 3.8) is 0 Å². The molecule has 33 heavy (non-hydrogen) atoms. The topological polar surface area (TPSA) is 106 Å². The Morgan fingerprint density at radius 3 is 2.88 bits per heavy atom. The van der Waals surface area contributed by atoms with E-state index in [4.69, 9.17) is 4.52 Å². The Bertz CT molecular complexity index is 1450. The van der Waals surface area contributed by atoms with Crippen LogP contribution in [0.1, 0.15) is 40.7 Å². The number of aryl methyl sites for hydroxylation is 1. The molecular formula is C24H21N7O2. The van der Waals surface area contributed by atoms with Crippen molar-refractivity contribution in [2.45, 2.75) is 25.8 Å². The summed E-state index contributed by atoms with van der Waals surface area (Å²) >= 11 is 0. The molecule has 0 saturated carbocycles. The molecule has 0 bridgehead atoms. The lowest BCUT2D eigenvalue weighted by Gasteiger charge is -2.23. The summed E-state index contributed by atoms with van der Waals surface area (Å²) in [6.07, 6.45) is 6.70. The summed E-state index contributed by atoms with van der Waals surface area (Å²) in [5, 5.41) is 13.7. The molecule has 1 aliphatic heterocycles. The Balaban J connectivity index is 1.34. The number of nitrogens with one attached hydrogen (secondary N) is 1. The third-order valence-electron chi connectivity index (χ3n) is 6.09. The monoisotopic (exact) mass is 439 g/mol. The molecule has 0 aliphatic carbocycles. The highest BCUT2D eigenvalue weighted by Gasteiger charge is 2.36. The number of fused-ring (bicyclic) bond motifs is 1. The first-order valence-corrected chi connectivity index (χ1v) is 10.9. The molecule has 1 amide bonds. The summed E-state index contributed by atoms with van der Waals surface area (Å²) < 4.78 is 5.67. The maximum Gasteiger partial charge on any atom is 0.256 e. The average Bonchev–Trinajstić information content (AvgIpc) is 3.63. The minimum absolute atomic E-state index is 0.0969. The number of para-hydroxylation sites is 1. The van der Waals surface area contributed by atoms with Gasteiger partial charge < -0.3 is 14.4 Å². The molecule has 3 aromatic heterocycles. The fourth-order valence-corrected chi connectivity index (χ4v) is 4.49. The molecule has 4 heterocycles. The molecule has 164 valence electrons. The lowest BCUT2D eigenvalue weighted by molar-refractivity contribution is 0.0709. The zero-order valence-electron chi connectivity index (χ0n) is 18.0. The molecule has 9 nitrogen and oxygen atoms in total. The van der Waals surface area contributed by atoms with Gasteiger partial charge >= 0.3 is 0 Å². The van der Waals surface area contributed by atoms with Gasteiger partial charge in [0.1, 0.15) is 6.04 Å². The van der Waals surface area contributed by atoms with Crippen molar-refractivity contribution in [2.24, 2.45) is 0 Å². The summed E-state index contributed by atoms with van der Waals surface area (Å²) in [6, 6.07) is 13.4. The molecule has 6 rings (SSSR count). The van der Waals surface area contributed by atoms with E-state index in [1.54, 1.807) is 12.4 Å². The van der Waals surface area contributed by atoms with Gasteiger partial charge in [0.2, 0.25) is 11.7 Å². The molecule has 0 radical (unpaired) electrons. The highest BCUT2D eigenvalue weighted by Crippen LogP contribution is 2.35. The maximum atomic E-state index is 13.7. The van der Waals surface area contributed by atoms with Gasteiger partial charge in [0.05, 0.1) is 23.6 Å². The van der Waals surface area contributed by atoms with Crippen LogP contribution >= 0.6 is 0 Å². The molecule has 0 spiro atoms. The van der Waals surface area contributed by atoms with E-state index in [2.05, 4.69) is 25.3 Å². The summed E-state index contributed by atoms with van der Waals surface area (Å²) in [7, 11) is 0. The molecule has 1 saturated heterocycles. The van der Waals surface area contributed by atoms with Crippen molar-refractivity contribution >= 4 is 16.8 Å². The van der Waals surface area contributed by atoms with Crippen molar-refractivity contribution < 1.29 is 9.32 Å². The first-order valence-electron chi connectivity index (χ1n) is 10.9. The van der Waals surface area contributed by atoms with Crippen LogP contribution in [-0.2, 0) is 0 Å². The van der Waals surface area contributed by atoms with Gasteiger partial charge in [-0.1, -0.05) is 35.0 Å². The smallest absolute Gasteiger partial charge is 0.256 e. The second-order valence-electron chi connectivity index (χ2n) is 8.20. The van der Waals surface area contributed by atoms with Crippen molar-refractivity contribution in [1.29, 1.82) is 0 Å². The fourth-order valence-electron chi connectivity index (χ4n) is 4.49. The van der Waals surface area contributed by atoms with Crippen LogP contribution in [0, 0.1) is 6.92 Å². The van der Waals surface area contributed by atoms with E-state index in [-0.39, 0.29) is 11.9 Å². The number of carbonyl (C=O) groups is 1. The van der Waals surface area contributed by atoms with Crippen LogP contribution in [-0.4, -0.2) is 47.5 Å². The van der Waals surface area contributed by atoms with E-state index >= 15 is 0 Å². The van der Waals surface area contributed by atoms with Crippen molar-refractivity contribution in [1.82, 2.24) is 35.0 Å². The van der Waals surface area contributed by atoms with Gasteiger partial charge in [-0.15, -0.1) is 0 Å². The number of hydrogen-bond donors (Lipinski definition) is 1. The molecule has 9 heteroatoms. The van der Waals surface area contributed by atoms with Gasteiger partial charge in [0.25, 0.3) is 5.91 Å². The normalized spacial score (nSPS) is 16.0. The number of hydrogen-bond acceptors (Lipinski definition) is 6. The van der Waals surface area contributed by atoms with E-state index in [9.17, 15) is 4.79 Å². The molecule has 2 aromatic carbocycles. The Morgan fingerprint density at radius 2 is 2.00 bits per heavy atom. The van der Waals surface area contributed by atoms with Crippen molar-refractivity contribution in [3.05, 3.63) is 78.1 Å². The predicted octanol–water partition coefficient (Wildman–Crippen LogP) is 4.08. The van der Waals surface area contributed by atoms with Gasteiger partial charge in [-0.05, 0) is 38.0 Å². The first kappa shape index (κ1) is 19.4. The van der Waals surface area contributed by atoms with E-state index in [1.165, 1.54) is 4.80 Å². The molecular weight excluding hydrogens is 418 g/mol. The fraction of sp³-hybridized carbons (Fsp3) is 0.208. The zero-order valence-corrected chi connectivity index (χ0v) is 18.0. The van der Waals surface area contributed by atoms with E-state index in [0.717, 1.165) is 34.9 Å². The number of benzene rings is 2. The molecule has 1 aliphatic rings. The standard InChI is InChI=1S/C24H21N7O2/c1-15-8-9-20(31-26-10-11-27-31)17(13-15)24(32)30-12-4-7-21(30)23-28-22(29-33-23)18-14-25-19-6-3-2-5-16(18)19/h2-3,5-6,8-11,13-14,21,25H,4,7,12H2,1H3. The molecule has 1 unspecified atom stereocenters. The second kappa shape index (κ2) is 7.70. The van der Waals surface area contributed by atoms with Crippen LogP contribution in [0.4, 0.5) is 0 Å². The number of carbonyl (C=O) groups excluding carboxylic acids is 1. The Morgan fingerprint density at radius 1 is 1.15 bits per heavy atom. The lowest BCUT2D eigenvalue weighted by atomic mass is 10.1. The predicted molar refractivity (Wildman–Crippen MR) is 121 cm³/mol. The van der Waals surface area contributed by atoms with E-state index < -0.39 is 0 Å². The number of H-pyrrole nitrogens is 1. The van der Waals surface area contributed by atoms with Crippen molar-refractivity contribution in [2.75, 3.05) is 6.54 Å². The van der Waals surface area contributed by atoms with Gasteiger partial charge in [-0.2, -0.15) is 20.0 Å². The summed E-state index contributed by atoms with van der Waals surface area (Å²) in [6.45, 7) is 2.58. The van der Waals surface area contributed by atoms with E-state index in [0.29, 0.717) is 29.5 Å². The minimum atomic E-state index is -0.275. The number of rotatable bonds is 4. The van der Waals surface area contributed by atoms with Crippen LogP contribution in [0.5, 0.6) is 0 Å². The lowest BCUT2D eigenvalue weighted by Crippen LogP contribution is -2.31. The second-order valence-corrected chi connectivity index (χ2v) is 8.20. The largest absolute Gasteiger partial charge is 0.360 e.